The van der Waals surface area contributed by atoms with Crippen molar-refractivity contribution in [1.29, 1.82) is 0 Å². The molecule has 0 unspecified atom stereocenters. The summed E-state index contributed by atoms with van der Waals surface area (Å²) in [4.78, 5) is 17.4. The molecule has 0 aliphatic heterocycles. The van der Waals surface area contributed by atoms with E-state index in [0.717, 1.165) is 60.4 Å². The number of carbonyl (C=O) groups excluding carboxylic acids is 1. The summed E-state index contributed by atoms with van der Waals surface area (Å²) in [5, 5.41) is 3.00. The summed E-state index contributed by atoms with van der Waals surface area (Å²) < 4.78 is 13.7. The molecular weight excluding hydrogens is 450 g/mol. The highest BCUT2D eigenvalue weighted by molar-refractivity contribution is 5.96. The molecule has 0 saturated carbocycles. The number of fused-ring (bicyclic) bond motifs is 1. The third kappa shape index (κ3) is 6.13. The zero-order chi connectivity index (χ0) is 25.2. The first-order chi connectivity index (χ1) is 17.7. The van der Waals surface area contributed by atoms with Crippen LogP contribution in [-0.4, -0.2) is 35.7 Å². The number of aryl methyl sites for hydroxylation is 2. The Morgan fingerprint density at radius 2 is 1.75 bits per heavy atom. The number of imidazole rings is 1. The zero-order valence-electron chi connectivity index (χ0n) is 20.8. The summed E-state index contributed by atoms with van der Waals surface area (Å²) in [6.45, 7) is 5.83. The van der Waals surface area contributed by atoms with Gasteiger partial charge in [0, 0.05) is 19.5 Å². The second kappa shape index (κ2) is 12.6. The number of amides is 1. The van der Waals surface area contributed by atoms with Crippen LogP contribution >= 0.6 is 0 Å². The van der Waals surface area contributed by atoms with Crippen LogP contribution in [0.3, 0.4) is 0 Å². The Bertz CT molecular complexity index is 1310. The highest BCUT2D eigenvalue weighted by Gasteiger charge is 2.13. The Labute approximate surface area is 212 Å². The number of methoxy groups -OCH3 is 1. The molecule has 0 saturated heterocycles. The first-order valence-corrected chi connectivity index (χ1v) is 12.4. The summed E-state index contributed by atoms with van der Waals surface area (Å²) in [6, 6.07) is 23.6. The number of hydrogen-bond donors (Lipinski definition) is 1. The minimum absolute atomic E-state index is 0.130. The molecule has 1 heterocycles. The maximum atomic E-state index is 12.6. The van der Waals surface area contributed by atoms with Crippen LogP contribution in [0.5, 0.6) is 11.5 Å². The third-order valence-corrected chi connectivity index (χ3v) is 6.07. The van der Waals surface area contributed by atoms with Crippen molar-refractivity contribution in [3.05, 3.63) is 102 Å². The molecule has 3 aromatic carbocycles. The summed E-state index contributed by atoms with van der Waals surface area (Å²) >= 11 is 0. The minimum Gasteiger partial charge on any atom is -0.496 e. The van der Waals surface area contributed by atoms with Crippen molar-refractivity contribution in [1.82, 2.24) is 14.9 Å². The lowest BCUT2D eigenvalue weighted by Gasteiger charge is -2.13. The summed E-state index contributed by atoms with van der Waals surface area (Å²) in [5.41, 5.74) is 3.80. The second-order valence-corrected chi connectivity index (χ2v) is 8.53. The summed E-state index contributed by atoms with van der Waals surface area (Å²) in [6.07, 6.45) is 5.10. The number of nitrogens with zero attached hydrogens (tertiary/aromatic N) is 2. The number of hydrogen-bond acceptors (Lipinski definition) is 4. The highest BCUT2D eigenvalue weighted by atomic mass is 16.5. The number of carbonyl (C=O) groups is 1. The molecule has 4 rings (SSSR count). The fourth-order valence-electron chi connectivity index (χ4n) is 4.32. The Morgan fingerprint density at radius 1 is 1.00 bits per heavy atom. The molecule has 4 aromatic rings. The predicted molar refractivity (Wildman–Crippen MR) is 144 cm³/mol. The molecular formula is C30H33N3O3. The summed E-state index contributed by atoms with van der Waals surface area (Å²) in [7, 11) is 1.57. The van der Waals surface area contributed by atoms with Crippen LogP contribution in [-0.2, 0) is 19.4 Å². The van der Waals surface area contributed by atoms with Crippen molar-refractivity contribution in [3.63, 3.8) is 0 Å². The third-order valence-electron chi connectivity index (χ3n) is 6.07. The van der Waals surface area contributed by atoms with Gasteiger partial charge >= 0.3 is 0 Å². The average Bonchev–Trinajstić information content (AvgIpc) is 3.27. The van der Waals surface area contributed by atoms with E-state index in [1.165, 1.54) is 0 Å². The van der Waals surface area contributed by atoms with Crippen LogP contribution < -0.4 is 14.8 Å². The number of aromatic nitrogens is 2. The molecule has 0 spiro atoms. The van der Waals surface area contributed by atoms with Gasteiger partial charge in [0.15, 0.2) is 0 Å². The maximum absolute atomic E-state index is 12.6. The Kier molecular flexibility index (Phi) is 8.76. The quantitative estimate of drug-likeness (QED) is 0.198. The van der Waals surface area contributed by atoms with E-state index < -0.39 is 0 Å². The topological polar surface area (TPSA) is 65.4 Å². The predicted octanol–water partition coefficient (Wildman–Crippen LogP) is 5.61. The van der Waals surface area contributed by atoms with E-state index in [1.807, 2.05) is 54.6 Å². The van der Waals surface area contributed by atoms with Gasteiger partial charge in [-0.3, -0.25) is 4.79 Å². The summed E-state index contributed by atoms with van der Waals surface area (Å²) in [5.74, 6) is 2.38. The Balaban J connectivity index is 1.34. The standard InChI is InChI=1S/C30H33N3O3/c1-3-12-23-13-4-8-17-27(23)36-22-11-21-33-26-16-7-6-15-25(26)32-29(33)19-10-20-31-30(34)24-14-5-9-18-28(24)35-2/h3-9,13-18H,1,10-12,19-22H2,2H3,(H,31,34). The number of nitrogens with one attached hydrogen (secondary N) is 1. The zero-order valence-corrected chi connectivity index (χ0v) is 20.8. The van der Waals surface area contributed by atoms with Crippen molar-refractivity contribution in [2.24, 2.45) is 0 Å². The van der Waals surface area contributed by atoms with E-state index >= 15 is 0 Å². The Hall–Kier alpha value is -4.06. The average molecular weight is 484 g/mol. The molecule has 186 valence electrons. The van der Waals surface area contributed by atoms with Crippen molar-refractivity contribution >= 4 is 16.9 Å². The fourth-order valence-corrected chi connectivity index (χ4v) is 4.32. The molecule has 1 amide bonds. The molecule has 6 heteroatoms. The molecule has 0 aliphatic carbocycles. The number of rotatable bonds is 13. The largest absolute Gasteiger partial charge is 0.496 e. The lowest BCUT2D eigenvalue weighted by Crippen LogP contribution is -2.25. The van der Waals surface area contributed by atoms with Crippen molar-refractivity contribution in [2.45, 2.75) is 32.2 Å². The molecule has 0 bridgehead atoms. The number of benzene rings is 3. The molecule has 1 aromatic heterocycles. The van der Waals surface area contributed by atoms with Crippen LogP contribution in [0.15, 0.2) is 85.5 Å². The van der Waals surface area contributed by atoms with Gasteiger partial charge < -0.3 is 19.4 Å². The molecule has 6 nitrogen and oxygen atoms in total. The van der Waals surface area contributed by atoms with Crippen LogP contribution in [0.2, 0.25) is 0 Å². The molecule has 1 N–H and O–H groups in total. The highest BCUT2D eigenvalue weighted by Crippen LogP contribution is 2.21. The molecule has 0 aliphatic rings. The van der Waals surface area contributed by atoms with Gasteiger partial charge in [-0.25, -0.2) is 4.98 Å². The van der Waals surface area contributed by atoms with E-state index in [2.05, 4.69) is 28.6 Å². The maximum Gasteiger partial charge on any atom is 0.255 e. The van der Waals surface area contributed by atoms with Gasteiger partial charge in [-0.05, 0) is 55.2 Å². The minimum atomic E-state index is -0.130. The number of allylic oxidation sites excluding steroid dienone is 1. The smallest absolute Gasteiger partial charge is 0.255 e. The fraction of sp³-hybridized carbons (Fsp3) is 0.267. The van der Waals surface area contributed by atoms with E-state index in [1.54, 1.807) is 19.2 Å². The van der Waals surface area contributed by atoms with Gasteiger partial charge in [0.05, 0.1) is 30.3 Å². The lowest BCUT2D eigenvalue weighted by atomic mass is 10.1. The van der Waals surface area contributed by atoms with Crippen LogP contribution in [0.1, 0.15) is 34.6 Å². The molecule has 0 atom stereocenters. The van der Waals surface area contributed by atoms with Crippen molar-refractivity contribution in [2.75, 3.05) is 20.3 Å². The SMILES string of the molecule is C=CCc1ccccc1OCCCn1c(CCCNC(=O)c2ccccc2OC)nc2ccccc21. The normalized spacial score (nSPS) is 10.8. The van der Waals surface area contributed by atoms with Crippen LogP contribution in [0.4, 0.5) is 0 Å². The number of ether oxygens (including phenoxy) is 2. The van der Waals surface area contributed by atoms with E-state index in [0.29, 0.717) is 24.5 Å². The Morgan fingerprint density at radius 3 is 2.58 bits per heavy atom. The van der Waals surface area contributed by atoms with E-state index in [9.17, 15) is 4.79 Å². The van der Waals surface area contributed by atoms with Crippen LogP contribution in [0.25, 0.3) is 11.0 Å². The first kappa shape index (κ1) is 25.0. The molecule has 36 heavy (non-hydrogen) atoms. The molecule has 0 radical (unpaired) electrons. The number of para-hydroxylation sites is 4. The van der Waals surface area contributed by atoms with Gasteiger partial charge in [-0.1, -0.05) is 48.5 Å². The monoisotopic (exact) mass is 483 g/mol. The lowest BCUT2D eigenvalue weighted by molar-refractivity contribution is 0.0950. The van der Waals surface area contributed by atoms with E-state index in [-0.39, 0.29) is 5.91 Å². The van der Waals surface area contributed by atoms with Gasteiger partial charge in [-0.2, -0.15) is 0 Å². The second-order valence-electron chi connectivity index (χ2n) is 8.53. The molecule has 0 fully saturated rings. The van der Waals surface area contributed by atoms with Crippen LogP contribution in [0, 0.1) is 0 Å². The van der Waals surface area contributed by atoms with Gasteiger partial charge in [0.25, 0.3) is 5.91 Å². The first-order valence-electron chi connectivity index (χ1n) is 12.4. The van der Waals surface area contributed by atoms with E-state index in [4.69, 9.17) is 14.5 Å². The van der Waals surface area contributed by atoms with Crippen molar-refractivity contribution in [3.8, 4) is 11.5 Å². The van der Waals surface area contributed by atoms with Gasteiger partial charge in [0.1, 0.15) is 17.3 Å². The van der Waals surface area contributed by atoms with Gasteiger partial charge in [0.2, 0.25) is 0 Å². The van der Waals surface area contributed by atoms with Gasteiger partial charge in [-0.15, -0.1) is 6.58 Å². The van der Waals surface area contributed by atoms with Crippen molar-refractivity contribution < 1.29 is 14.3 Å².